The van der Waals surface area contributed by atoms with Gasteiger partial charge in [-0.3, -0.25) is 14.0 Å². The van der Waals surface area contributed by atoms with E-state index in [4.69, 9.17) is 11.6 Å². The van der Waals surface area contributed by atoms with Crippen molar-refractivity contribution in [3.8, 4) is 0 Å². The number of anilines is 1. The van der Waals surface area contributed by atoms with Crippen LogP contribution >= 0.6 is 11.6 Å². The molecule has 0 radical (unpaired) electrons. The van der Waals surface area contributed by atoms with Gasteiger partial charge in [0.15, 0.2) is 0 Å². The molecule has 162 valence electrons. The monoisotopic (exact) mass is 453 g/mol. The molecular formula is C21H25ClFN3O3S. The Morgan fingerprint density at radius 3 is 2.47 bits per heavy atom. The summed E-state index contributed by atoms with van der Waals surface area (Å²) in [5, 5.41) is 3.02. The van der Waals surface area contributed by atoms with Crippen molar-refractivity contribution in [1.29, 1.82) is 0 Å². The van der Waals surface area contributed by atoms with Crippen LogP contribution < -0.4 is 9.62 Å². The first kappa shape index (κ1) is 22.5. The molecule has 1 fully saturated rings. The van der Waals surface area contributed by atoms with Crippen LogP contribution in [-0.2, 0) is 10.0 Å². The van der Waals surface area contributed by atoms with Crippen LogP contribution in [0, 0.1) is 5.82 Å². The number of rotatable bonds is 7. The van der Waals surface area contributed by atoms with Crippen molar-refractivity contribution in [3.05, 3.63) is 58.9 Å². The Kier molecular flexibility index (Phi) is 7.00. The van der Waals surface area contributed by atoms with Gasteiger partial charge in [0.1, 0.15) is 5.82 Å². The number of sulfonamides is 1. The first-order valence-corrected chi connectivity index (χ1v) is 11.6. The van der Waals surface area contributed by atoms with E-state index in [1.165, 1.54) is 49.5 Å². The SMILES string of the molecule is CC(CNC(=O)c1cc(S(=O)(=O)N(C)c2ccc(F)cc2)ccc1Cl)N1CCCC1. The lowest BCUT2D eigenvalue weighted by atomic mass is 10.2. The van der Waals surface area contributed by atoms with E-state index < -0.39 is 21.7 Å². The number of amides is 1. The lowest BCUT2D eigenvalue weighted by Crippen LogP contribution is -2.40. The second-order valence-corrected chi connectivity index (χ2v) is 9.77. The van der Waals surface area contributed by atoms with Crippen LogP contribution in [0.5, 0.6) is 0 Å². The van der Waals surface area contributed by atoms with E-state index in [1.54, 1.807) is 0 Å². The molecule has 1 heterocycles. The maximum Gasteiger partial charge on any atom is 0.264 e. The van der Waals surface area contributed by atoms with Crippen LogP contribution in [0.2, 0.25) is 5.02 Å². The summed E-state index contributed by atoms with van der Waals surface area (Å²) >= 11 is 6.18. The van der Waals surface area contributed by atoms with Crippen molar-refractivity contribution in [3.63, 3.8) is 0 Å². The van der Waals surface area contributed by atoms with E-state index in [-0.39, 0.29) is 21.5 Å². The van der Waals surface area contributed by atoms with Gasteiger partial charge in [-0.2, -0.15) is 0 Å². The van der Waals surface area contributed by atoms with E-state index in [0.717, 1.165) is 30.2 Å². The molecule has 1 atom stereocenters. The molecule has 9 heteroatoms. The number of hydrogen-bond acceptors (Lipinski definition) is 4. The highest BCUT2D eigenvalue weighted by Gasteiger charge is 2.24. The molecule has 2 aromatic carbocycles. The molecule has 1 aliphatic heterocycles. The quantitative estimate of drug-likeness (QED) is 0.696. The van der Waals surface area contributed by atoms with Crippen molar-refractivity contribution in [1.82, 2.24) is 10.2 Å². The highest BCUT2D eigenvalue weighted by molar-refractivity contribution is 7.92. The van der Waals surface area contributed by atoms with Crippen molar-refractivity contribution in [2.75, 3.05) is 31.0 Å². The molecule has 0 aliphatic carbocycles. The molecule has 1 saturated heterocycles. The van der Waals surface area contributed by atoms with E-state index in [1.807, 2.05) is 6.92 Å². The predicted octanol–water partition coefficient (Wildman–Crippen LogP) is 3.52. The van der Waals surface area contributed by atoms with Gasteiger partial charge in [-0.05, 0) is 75.3 Å². The number of benzene rings is 2. The normalized spacial score (nSPS) is 15.7. The molecule has 0 bridgehead atoms. The molecule has 0 spiro atoms. The Morgan fingerprint density at radius 2 is 1.83 bits per heavy atom. The standard InChI is InChI=1S/C21H25ClFN3O3S/c1-15(26-11-3-4-12-26)14-24-21(27)19-13-18(9-10-20(19)22)30(28,29)25(2)17-7-5-16(23)6-8-17/h5-10,13,15H,3-4,11-12,14H2,1-2H3,(H,24,27). The summed E-state index contributed by atoms with van der Waals surface area (Å²) in [6.45, 7) is 4.52. The van der Waals surface area contributed by atoms with Crippen LogP contribution in [0.3, 0.4) is 0 Å². The lowest BCUT2D eigenvalue weighted by molar-refractivity contribution is 0.0940. The Labute approximate surface area is 181 Å². The number of carbonyl (C=O) groups is 1. The largest absolute Gasteiger partial charge is 0.350 e. The third-order valence-corrected chi connectivity index (χ3v) is 7.46. The average molecular weight is 454 g/mol. The van der Waals surface area contributed by atoms with Gasteiger partial charge in [-0.15, -0.1) is 0 Å². The van der Waals surface area contributed by atoms with Crippen LogP contribution in [0.4, 0.5) is 10.1 Å². The minimum Gasteiger partial charge on any atom is -0.350 e. The van der Waals surface area contributed by atoms with Crippen LogP contribution in [-0.4, -0.2) is 51.9 Å². The summed E-state index contributed by atoms with van der Waals surface area (Å²) in [6.07, 6.45) is 2.32. The number of halogens is 2. The first-order valence-electron chi connectivity index (χ1n) is 9.76. The van der Waals surface area contributed by atoms with Gasteiger partial charge in [0.05, 0.1) is 21.2 Å². The Morgan fingerprint density at radius 1 is 1.20 bits per heavy atom. The first-order chi connectivity index (χ1) is 14.2. The number of nitrogens with one attached hydrogen (secondary N) is 1. The summed E-state index contributed by atoms with van der Waals surface area (Å²) in [5.41, 5.74) is 0.399. The van der Waals surface area contributed by atoms with Gasteiger partial charge in [-0.1, -0.05) is 11.6 Å². The maximum absolute atomic E-state index is 13.2. The fourth-order valence-corrected chi connectivity index (χ4v) is 4.86. The smallest absolute Gasteiger partial charge is 0.264 e. The van der Waals surface area contributed by atoms with Gasteiger partial charge >= 0.3 is 0 Å². The molecule has 1 aliphatic rings. The van der Waals surface area contributed by atoms with Crippen LogP contribution in [0.1, 0.15) is 30.1 Å². The van der Waals surface area contributed by atoms with Gasteiger partial charge in [0.25, 0.3) is 15.9 Å². The highest BCUT2D eigenvalue weighted by atomic mass is 35.5. The lowest BCUT2D eigenvalue weighted by Gasteiger charge is -2.24. The van der Waals surface area contributed by atoms with E-state index in [0.29, 0.717) is 12.2 Å². The fourth-order valence-electron chi connectivity index (χ4n) is 3.43. The van der Waals surface area contributed by atoms with E-state index >= 15 is 0 Å². The topological polar surface area (TPSA) is 69.7 Å². The number of carbonyl (C=O) groups excluding carboxylic acids is 1. The number of nitrogens with zero attached hydrogens (tertiary/aromatic N) is 2. The zero-order valence-corrected chi connectivity index (χ0v) is 18.5. The van der Waals surface area contributed by atoms with Crippen molar-refractivity contribution in [2.24, 2.45) is 0 Å². The summed E-state index contributed by atoms with van der Waals surface area (Å²) < 4.78 is 40.2. The fraction of sp³-hybridized carbons (Fsp3) is 0.381. The third kappa shape index (κ3) is 4.94. The molecule has 0 saturated carbocycles. The van der Waals surface area contributed by atoms with Crippen molar-refractivity contribution in [2.45, 2.75) is 30.7 Å². The Hall–Kier alpha value is -2.16. The summed E-state index contributed by atoms with van der Waals surface area (Å²) in [4.78, 5) is 14.9. The van der Waals surface area contributed by atoms with Crippen LogP contribution in [0.15, 0.2) is 47.4 Å². The van der Waals surface area contributed by atoms with Gasteiger partial charge < -0.3 is 5.32 Å². The summed E-state index contributed by atoms with van der Waals surface area (Å²) in [6, 6.07) is 9.31. The maximum atomic E-state index is 13.2. The molecule has 1 N–H and O–H groups in total. The van der Waals surface area contributed by atoms with E-state index in [2.05, 4.69) is 10.2 Å². The minimum absolute atomic E-state index is 0.0727. The molecule has 1 amide bonds. The van der Waals surface area contributed by atoms with Crippen molar-refractivity contribution < 1.29 is 17.6 Å². The molecule has 1 unspecified atom stereocenters. The van der Waals surface area contributed by atoms with Crippen molar-refractivity contribution >= 4 is 33.2 Å². The van der Waals surface area contributed by atoms with Gasteiger partial charge in [0, 0.05) is 19.6 Å². The average Bonchev–Trinajstić information content (AvgIpc) is 3.27. The zero-order valence-electron chi connectivity index (χ0n) is 16.9. The molecule has 2 aromatic rings. The Bertz CT molecular complexity index is 1010. The predicted molar refractivity (Wildman–Crippen MR) is 116 cm³/mol. The van der Waals surface area contributed by atoms with Crippen LogP contribution in [0.25, 0.3) is 0 Å². The third-order valence-electron chi connectivity index (χ3n) is 5.35. The Balaban J connectivity index is 1.77. The highest BCUT2D eigenvalue weighted by Crippen LogP contribution is 2.26. The number of hydrogen-bond donors (Lipinski definition) is 1. The summed E-state index contributed by atoms with van der Waals surface area (Å²) in [5.74, 6) is -0.884. The minimum atomic E-state index is -3.96. The van der Waals surface area contributed by atoms with E-state index in [9.17, 15) is 17.6 Å². The molecule has 6 nitrogen and oxygen atoms in total. The molecule has 30 heavy (non-hydrogen) atoms. The molecular weight excluding hydrogens is 429 g/mol. The second kappa shape index (κ2) is 9.32. The number of likely N-dealkylation sites (tertiary alicyclic amines) is 1. The molecule has 3 rings (SSSR count). The second-order valence-electron chi connectivity index (χ2n) is 7.39. The molecule has 0 aromatic heterocycles. The zero-order chi connectivity index (χ0) is 21.9. The van der Waals surface area contributed by atoms with Gasteiger partial charge in [0.2, 0.25) is 0 Å². The van der Waals surface area contributed by atoms with Gasteiger partial charge in [-0.25, -0.2) is 12.8 Å². The summed E-state index contributed by atoms with van der Waals surface area (Å²) in [7, 11) is -2.59.